The second-order valence-corrected chi connectivity index (χ2v) is 12.4. The van der Waals surface area contributed by atoms with E-state index in [1.165, 1.54) is 0 Å². The topological polar surface area (TPSA) is 137 Å². The zero-order valence-corrected chi connectivity index (χ0v) is 20.3. The lowest BCUT2D eigenvalue weighted by atomic mass is 9.41. The van der Waals surface area contributed by atoms with Gasteiger partial charge in [0.1, 0.15) is 24.4 Å². The van der Waals surface area contributed by atoms with Crippen LogP contribution in [-0.2, 0) is 14.3 Å². The number of ether oxygens (including phenoxy) is 2. The zero-order valence-electron chi connectivity index (χ0n) is 20.3. The van der Waals surface area contributed by atoms with Crippen molar-refractivity contribution in [2.24, 2.45) is 28.1 Å². The van der Waals surface area contributed by atoms with E-state index >= 15 is 0 Å². The fraction of sp³-hybridized carbons (Fsp3) is 0.885. The molecular weight excluding hydrogens is 440 g/mol. The highest BCUT2D eigenvalue weighted by Crippen LogP contribution is 2.73. The predicted molar refractivity (Wildman–Crippen MR) is 121 cm³/mol. The van der Waals surface area contributed by atoms with E-state index in [9.17, 15) is 30.3 Å². The molecule has 0 aromatic carbocycles. The van der Waals surface area contributed by atoms with Crippen LogP contribution in [0.5, 0.6) is 0 Å². The molecule has 4 aliphatic carbocycles. The maximum atomic E-state index is 13.7. The highest BCUT2D eigenvalue weighted by atomic mass is 16.7. The third kappa shape index (κ3) is 3.29. The van der Waals surface area contributed by atoms with Crippen LogP contribution in [-0.4, -0.2) is 74.4 Å². The second kappa shape index (κ2) is 7.98. The molecule has 1 heterocycles. The molecule has 5 fully saturated rings. The molecule has 0 radical (unpaired) electrons. The first-order chi connectivity index (χ1) is 15.9. The predicted octanol–water partition coefficient (Wildman–Crippen LogP) is 1.41. The minimum Gasteiger partial charge on any atom is -0.432 e. The first-order valence-corrected chi connectivity index (χ1v) is 12.8. The summed E-state index contributed by atoms with van der Waals surface area (Å²) in [6.45, 7) is 7.91. The van der Waals surface area contributed by atoms with Crippen molar-refractivity contribution in [3.63, 3.8) is 0 Å². The van der Waals surface area contributed by atoms with E-state index in [0.717, 1.165) is 56.9 Å². The van der Waals surface area contributed by atoms with E-state index in [2.05, 4.69) is 13.5 Å². The molecule has 5 aliphatic rings. The average molecular weight is 481 g/mol. The molecule has 5 N–H and O–H groups in total. The van der Waals surface area contributed by atoms with Gasteiger partial charge in [-0.3, -0.25) is 4.79 Å². The fourth-order valence-electron chi connectivity index (χ4n) is 9.00. The van der Waals surface area contributed by atoms with E-state index in [1.807, 2.05) is 6.92 Å². The van der Waals surface area contributed by atoms with Crippen LogP contribution < -0.4 is 0 Å². The van der Waals surface area contributed by atoms with E-state index in [-0.39, 0.29) is 16.7 Å². The number of fused-ring (bicyclic) bond motifs is 3. The molecule has 192 valence electrons. The van der Waals surface area contributed by atoms with Crippen LogP contribution in [0.1, 0.15) is 71.6 Å². The Kier molecular flexibility index (Phi) is 5.79. The molecule has 11 atom stereocenters. The molecule has 1 saturated heterocycles. The number of carbonyl (C=O) groups is 1. The normalized spacial score (nSPS) is 54.8. The van der Waals surface area contributed by atoms with Crippen molar-refractivity contribution in [2.45, 2.75) is 108 Å². The Bertz CT molecular complexity index is 860. The summed E-state index contributed by atoms with van der Waals surface area (Å²) in [5, 5.41) is 51.1. The highest BCUT2D eigenvalue weighted by molar-refractivity contribution is 5.77. The highest BCUT2D eigenvalue weighted by Gasteiger charge is 2.68. The molecule has 8 heteroatoms. The van der Waals surface area contributed by atoms with E-state index in [0.29, 0.717) is 12.3 Å². The van der Waals surface area contributed by atoms with Crippen molar-refractivity contribution in [1.82, 2.24) is 0 Å². The van der Waals surface area contributed by atoms with Gasteiger partial charge in [-0.05, 0) is 86.5 Å². The molecule has 2 bridgehead atoms. The van der Waals surface area contributed by atoms with Crippen molar-refractivity contribution in [3.05, 3.63) is 12.2 Å². The number of aliphatic hydroxyl groups is 5. The summed E-state index contributed by atoms with van der Waals surface area (Å²) in [6, 6.07) is 0. The number of hydrogen-bond donors (Lipinski definition) is 5. The summed E-state index contributed by atoms with van der Waals surface area (Å²) >= 11 is 0. The van der Waals surface area contributed by atoms with Gasteiger partial charge in [-0.2, -0.15) is 0 Å². The quantitative estimate of drug-likeness (QED) is 0.302. The number of aliphatic hydroxyl groups excluding tert-OH is 4. The van der Waals surface area contributed by atoms with Crippen LogP contribution in [0.15, 0.2) is 12.2 Å². The molecule has 0 amide bonds. The third-order valence-corrected chi connectivity index (χ3v) is 10.7. The second-order valence-electron chi connectivity index (χ2n) is 12.4. The summed E-state index contributed by atoms with van der Waals surface area (Å²) in [4.78, 5) is 13.7. The summed E-state index contributed by atoms with van der Waals surface area (Å²) in [6.07, 6.45) is 0.422. The van der Waals surface area contributed by atoms with Crippen molar-refractivity contribution in [3.8, 4) is 0 Å². The molecule has 10 unspecified atom stereocenters. The minimum atomic E-state index is -1.60. The van der Waals surface area contributed by atoms with Crippen molar-refractivity contribution < 1.29 is 39.8 Å². The van der Waals surface area contributed by atoms with Crippen molar-refractivity contribution >= 4 is 5.97 Å². The Morgan fingerprint density at radius 3 is 2.47 bits per heavy atom. The Morgan fingerprint density at radius 2 is 1.76 bits per heavy atom. The van der Waals surface area contributed by atoms with Crippen LogP contribution in [0, 0.1) is 28.1 Å². The summed E-state index contributed by atoms with van der Waals surface area (Å²) in [5.41, 5.74) is -0.575. The molecule has 8 nitrogen and oxygen atoms in total. The largest absolute Gasteiger partial charge is 0.432 e. The van der Waals surface area contributed by atoms with E-state index < -0.39 is 54.3 Å². The number of rotatable bonds is 3. The van der Waals surface area contributed by atoms with Gasteiger partial charge in [-0.1, -0.05) is 19.9 Å². The molecule has 34 heavy (non-hydrogen) atoms. The Balaban J connectivity index is 1.39. The number of hydrogen-bond acceptors (Lipinski definition) is 8. The average Bonchev–Trinajstić information content (AvgIpc) is 2.96. The third-order valence-electron chi connectivity index (χ3n) is 10.7. The van der Waals surface area contributed by atoms with Crippen molar-refractivity contribution in [2.75, 3.05) is 6.61 Å². The van der Waals surface area contributed by atoms with Crippen molar-refractivity contribution in [1.29, 1.82) is 0 Å². The number of esters is 1. The lowest BCUT2D eigenvalue weighted by molar-refractivity contribution is -0.298. The Morgan fingerprint density at radius 1 is 1.06 bits per heavy atom. The Labute approximate surface area is 201 Å². The van der Waals surface area contributed by atoms with Crippen LogP contribution in [0.3, 0.4) is 0 Å². The van der Waals surface area contributed by atoms with E-state index in [4.69, 9.17) is 9.47 Å². The molecule has 0 aromatic heterocycles. The standard InChI is InChI=1S/C26H40O8/c1-14-11-25-9-5-16-23(2,17(25)6-10-26(14,32)13-25)7-4-8-24(16,3)22(31)34-21-20(30)19(29)18(28)15(12-27)33-21/h15-21,27-30,32H,1,4-13H2,2-3H3/t15?,16?,17?,18?,19?,20?,21?,23?,24-,25?,26?/m1/s1. The van der Waals surface area contributed by atoms with Crippen LogP contribution in [0.2, 0.25) is 0 Å². The molecule has 1 aliphatic heterocycles. The monoisotopic (exact) mass is 480 g/mol. The molecule has 4 saturated carbocycles. The van der Waals surface area contributed by atoms with Gasteiger partial charge in [0.05, 0.1) is 17.6 Å². The van der Waals surface area contributed by atoms with Gasteiger partial charge in [0.15, 0.2) is 0 Å². The molecule has 5 rings (SSSR count). The molecular formula is C26H40O8. The van der Waals surface area contributed by atoms with Gasteiger partial charge in [-0.25, -0.2) is 0 Å². The Hall–Kier alpha value is -1.03. The first-order valence-electron chi connectivity index (χ1n) is 12.8. The maximum absolute atomic E-state index is 13.7. The molecule has 1 spiro atoms. The first kappa shape index (κ1) is 24.7. The fourth-order valence-corrected chi connectivity index (χ4v) is 9.00. The lowest BCUT2D eigenvalue weighted by Crippen LogP contribution is -2.62. The summed E-state index contributed by atoms with van der Waals surface area (Å²) in [7, 11) is 0. The summed E-state index contributed by atoms with van der Waals surface area (Å²) in [5.74, 6) is 0.0200. The van der Waals surface area contributed by atoms with Gasteiger partial charge in [0.2, 0.25) is 6.29 Å². The zero-order chi connectivity index (χ0) is 24.7. The number of carbonyl (C=O) groups excluding carboxylic acids is 1. The van der Waals surface area contributed by atoms with Crippen LogP contribution >= 0.6 is 0 Å². The smallest absolute Gasteiger partial charge is 0.314 e. The van der Waals surface area contributed by atoms with E-state index in [1.54, 1.807) is 0 Å². The maximum Gasteiger partial charge on any atom is 0.314 e. The minimum absolute atomic E-state index is 0.0504. The van der Waals surface area contributed by atoms with Gasteiger partial charge in [-0.15, -0.1) is 0 Å². The van der Waals surface area contributed by atoms with Crippen LogP contribution in [0.4, 0.5) is 0 Å². The van der Waals surface area contributed by atoms with Gasteiger partial charge in [0.25, 0.3) is 0 Å². The van der Waals surface area contributed by atoms with Crippen LogP contribution in [0.25, 0.3) is 0 Å². The molecule has 0 aromatic rings. The summed E-state index contributed by atoms with van der Waals surface area (Å²) < 4.78 is 11.1. The lowest BCUT2D eigenvalue weighted by Gasteiger charge is -2.63. The van der Waals surface area contributed by atoms with Gasteiger partial charge < -0.3 is 35.0 Å². The SMILES string of the molecule is C=C1CC23CCC4C(C)(CCC[C@@]4(C)C(=O)OC4OC(CO)C(O)C(O)C4O)C2CCC1(O)C3. The van der Waals surface area contributed by atoms with Gasteiger partial charge in [0, 0.05) is 0 Å². The van der Waals surface area contributed by atoms with Gasteiger partial charge >= 0.3 is 5.97 Å².